The highest BCUT2D eigenvalue weighted by molar-refractivity contribution is 5.94. The molecule has 1 aromatic carbocycles. The van der Waals surface area contributed by atoms with Crippen LogP contribution in [0.2, 0.25) is 0 Å². The highest BCUT2D eigenvalue weighted by Crippen LogP contribution is 2.08. The summed E-state index contributed by atoms with van der Waals surface area (Å²) in [7, 11) is 0. The van der Waals surface area contributed by atoms with Gasteiger partial charge in [0.25, 0.3) is 5.91 Å². The molecule has 0 bridgehead atoms. The molecule has 1 aromatic heterocycles. The van der Waals surface area contributed by atoms with Gasteiger partial charge in [-0.15, -0.1) is 0 Å². The monoisotopic (exact) mass is 262 g/mol. The molecule has 0 spiro atoms. The predicted molar refractivity (Wildman–Crippen MR) is 68.2 cm³/mol. The third-order valence-electron chi connectivity index (χ3n) is 2.65. The summed E-state index contributed by atoms with van der Waals surface area (Å²) in [5.41, 5.74) is 1.07. The summed E-state index contributed by atoms with van der Waals surface area (Å²) in [4.78, 5) is 15.8. The van der Waals surface area contributed by atoms with Crippen molar-refractivity contribution in [3.05, 3.63) is 47.3 Å². The van der Waals surface area contributed by atoms with Gasteiger partial charge in [0.15, 0.2) is 0 Å². The molecule has 2 aromatic rings. The molecule has 0 saturated carbocycles. The van der Waals surface area contributed by atoms with Crippen LogP contribution in [0.4, 0.5) is 4.39 Å². The van der Waals surface area contributed by atoms with Crippen LogP contribution in [0.1, 0.15) is 28.2 Å². The average molecular weight is 262 g/mol. The van der Waals surface area contributed by atoms with Crippen molar-refractivity contribution in [3.63, 3.8) is 0 Å². The number of rotatable bonds is 5. The number of amides is 1. The highest BCUT2D eigenvalue weighted by Gasteiger charge is 2.07. The minimum absolute atomic E-state index is 0.264. The van der Waals surface area contributed by atoms with Crippen LogP contribution in [0.25, 0.3) is 0 Å². The van der Waals surface area contributed by atoms with E-state index in [-0.39, 0.29) is 5.91 Å². The maximum absolute atomic E-state index is 13.2. The summed E-state index contributed by atoms with van der Waals surface area (Å²) < 4.78 is 13.2. The van der Waals surface area contributed by atoms with Gasteiger partial charge in [-0.05, 0) is 37.1 Å². The standard InChI is InChI=1S/C13H15FN4O/c1-9-5-10(7-11(14)6-9)13(19)15-4-2-3-12-16-8-17-18-12/h5-8H,2-4H2,1H3,(H,15,19)(H,16,17,18). The fourth-order valence-corrected chi connectivity index (χ4v) is 1.78. The maximum atomic E-state index is 13.2. The predicted octanol–water partition coefficient (Wildman–Crippen LogP) is 1.61. The Kier molecular flexibility index (Phi) is 4.22. The van der Waals surface area contributed by atoms with E-state index in [1.54, 1.807) is 13.0 Å². The smallest absolute Gasteiger partial charge is 0.251 e. The van der Waals surface area contributed by atoms with Crippen LogP contribution in [0, 0.1) is 12.7 Å². The van der Waals surface area contributed by atoms with Crippen molar-refractivity contribution >= 4 is 5.91 Å². The van der Waals surface area contributed by atoms with Crippen molar-refractivity contribution in [1.29, 1.82) is 0 Å². The van der Waals surface area contributed by atoms with Crippen LogP contribution in [0.5, 0.6) is 0 Å². The first-order chi connectivity index (χ1) is 9.15. The molecule has 100 valence electrons. The van der Waals surface area contributed by atoms with E-state index >= 15 is 0 Å². The summed E-state index contributed by atoms with van der Waals surface area (Å²) in [5.74, 6) is 0.128. The quantitative estimate of drug-likeness (QED) is 0.804. The van der Waals surface area contributed by atoms with Crippen LogP contribution >= 0.6 is 0 Å². The van der Waals surface area contributed by atoms with Crippen molar-refractivity contribution in [2.45, 2.75) is 19.8 Å². The first kappa shape index (κ1) is 13.2. The number of hydrogen-bond donors (Lipinski definition) is 2. The van der Waals surface area contributed by atoms with Crippen molar-refractivity contribution < 1.29 is 9.18 Å². The molecule has 0 radical (unpaired) electrons. The van der Waals surface area contributed by atoms with E-state index in [0.29, 0.717) is 18.5 Å². The third kappa shape index (κ3) is 3.87. The van der Waals surface area contributed by atoms with E-state index in [2.05, 4.69) is 20.5 Å². The lowest BCUT2D eigenvalue weighted by molar-refractivity contribution is 0.0952. The van der Waals surface area contributed by atoms with Gasteiger partial charge in [0.2, 0.25) is 0 Å². The SMILES string of the molecule is Cc1cc(F)cc(C(=O)NCCCc2ncn[nH]2)c1. The van der Waals surface area contributed by atoms with Crippen LogP contribution in [-0.2, 0) is 6.42 Å². The lowest BCUT2D eigenvalue weighted by Crippen LogP contribution is -2.25. The highest BCUT2D eigenvalue weighted by atomic mass is 19.1. The molecular weight excluding hydrogens is 247 g/mol. The number of carbonyl (C=O) groups is 1. The van der Waals surface area contributed by atoms with Crippen LogP contribution in [-0.4, -0.2) is 27.6 Å². The number of carbonyl (C=O) groups excluding carboxylic acids is 1. The number of hydrogen-bond acceptors (Lipinski definition) is 3. The number of aromatic amines is 1. The Morgan fingerprint density at radius 2 is 2.26 bits per heavy atom. The number of H-pyrrole nitrogens is 1. The lowest BCUT2D eigenvalue weighted by atomic mass is 10.1. The molecule has 1 heterocycles. The minimum Gasteiger partial charge on any atom is -0.352 e. The van der Waals surface area contributed by atoms with Gasteiger partial charge in [-0.2, -0.15) is 5.10 Å². The molecule has 0 aliphatic rings. The summed E-state index contributed by atoms with van der Waals surface area (Å²) in [6, 6.07) is 4.29. The molecule has 6 heteroatoms. The lowest BCUT2D eigenvalue weighted by Gasteiger charge is -2.05. The zero-order valence-corrected chi connectivity index (χ0v) is 10.6. The summed E-state index contributed by atoms with van der Waals surface area (Å²) >= 11 is 0. The molecule has 0 saturated heterocycles. The van der Waals surface area contributed by atoms with Gasteiger partial charge in [-0.25, -0.2) is 9.37 Å². The maximum Gasteiger partial charge on any atom is 0.251 e. The molecule has 0 atom stereocenters. The van der Waals surface area contributed by atoms with E-state index in [9.17, 15) is 9.18 Å². The number of aryl methyl sites for hydroxylation is 2. The number of nitrogens with one attached hydrogen (secondary N) is 2. The fraction of sp³-hybridized carbons (Fsp3) is 0.308. The summed E-state index contributed by atoms with van der Waals surface area (Å²) in [5, 5.41) is 9.23. The largest absolute Gasteiger partial charge is 0.352 e. The van der Waals surface area contributed by atoms with Gasteiger partial charge in [0.05, 0.1) is 0 Å². The molecule has 0 unspecified atom stereocenters. The van der Waals surface area contributed by atoms with Crippen LogP contribution in [0.15, 0.2) is 24.5 Å². The topological polar surface area (TPSA) is 70.7 Å². The molecular formula is C13H15FN4O. The van der Waals surface area contributed by atoms with E-state index in [4.69, 9.17) is 0 Å². The molecule has 1 amide bonds. The first-order valence-corrected chi connectivity index (χ1v) is 6.05. The van der Waals surface area contributed by atoms with Crippen molar-refractivity contribution in [1.82, 2.24) is 20.5 Å². The van der Waals surface area contributed by atoms with Gasteiger partial charge >= 0.3 is 0 Å². The Bertz CT molecular complexity index is 534. The summed E-state index contributed by atoms with van der Waals surface area (Å²) in [6.45, 7) is 2.26. The summed E-state index contributed by atoms with van der Waals surface area (Å²) in [6.07, 6.45) is 2.90. The van der Waals surface area contributed by atoms with Gasteiger partial charge in [0, 0.05) is 18.5 Å². The molecule has 2 rings (SSSR count). The number of halogens is 1. The van der Waals surface area contributed by atoms with Crippen molar-refractivity contribution in [2.24, 2.45) is 0 Å². The van der Waals surface area contributed by atoms with Crippen molar-refractivity contribution in [3.8, 4) is 0 Å². The van der Waals surface area contributed by atoms with E-state index in [0.717, 1.165) is 17.8 Å². The normalized spacial score (nSPS) is 10.4. The van der Waals surface area contributed by atoms with Crippen LogP contribution < -0.4 is 5.32 Å². The van der Waals surface area contributed by atoms with Gasteiger partial charge < -0.3 is 5.32 Å². The first-order valence-electron chi connectivity index (χ1n) is 6.05. The van der Waals surface area contributed by atoms with Crippen molar-refractivity contribution in [2.75, 3.05) is 6.54 Å². The molecule has 19 heavy (non-hydrogen) atoms. The van der Waals surface area contributed by atoms with Gasteiger partial charge in [-0.3, -0.25) is 9.89 Å². The fourth-order valence-electron chi connectivity index (χ4n) is 1.78. The molecule has 5 nitrogen and oxygen atoms in total. The molecule has 0 fully saturated rings. The van der Waals surface area contributed by atoms with E-state index in [1.807, 2.05) is 0 Å². The Balaban J connectivity index is 1.80. The Labute approximate surface area is 110 Å². The van der Waals surface area contributed by atoms with Crippen LogP contribution in [0.3, 0.4) is 0 Å². The molecule has 0 aliphatic heterocycles. The number of benzene rings is 1. The Morgan fingerprint density at radius 1 is 1.42 bits per heavy atom. The van der Waals surface area contributed by atoms with E-state index in [1.165, 1.54) is 18.5 Å². The number of aromatic nitrogens is 3. The second-order valence-electron chi connectivity index (χ2n) is 4.31. The third-order valence-corrected chi connectivity index (χ3v) is 2.65. The van der Waals surface area contributed by atoms with E-state index < -0.39 is 5.82 Å². The molecule has 2 N–H and O–H groups in total. The average Bonchev–Trinajstić information content (AvgIpc) is 2.86. The Hall–Kier alpha value is -2.24. The zero-order valence-electron chi connectivity index (χ0n) is 10.6. The Morgan fingerprint density at radius 3 is 2.95 bits per heavy atom. The molecule has 0 aliphatic carbocycles. The van der Waals surface area contributed by atoms with Gasteiger partial charge in [0.1, 0.15) is 18.0 Å². The number of nitrogens with zero attached hydrogens (tertiary/aromatic N) is 2. The second kappa shape index (κ2) is 6.08. The van der Waals surface area contributed by atoms with Gasteiger partial charge in [-0.1, -0.05) is 0 Å². The second-order valence-corrected chi connectivity index (χ2v) is 4.31. The zero-order chi connectivity index (χ0) is 13.7. The minimum atomic E-state index is -0.396.